The number of hydrogen-bond acceptors (Lipinski definition) is 7. The van der Waals surface area contributed by atoms with Crippen LogP contribution in [-0.2, 0) is 6.54 Å². The molecule has 196 valence electrons. The predicted molar refractivity (Wildman–Crippen MR) is 150 cm³/mol. The van der Waals surface area contributed by atoms with Crippen molar-refractivity contribution in [2.24, 2.45) is 0 Å². The first-order valence-electron chi connectivity index (χ1n) is 13.1. The monoisotopic (exact) mass is 509 g/mol. The first-order valence-corrected chi connectivity index (χ1v) is 13.1. The lowest BCUT2D eigenvalue weighted by Gasteiger charge is -2.32. The van der Waals surface area contributed by atoms with E-state index in [0.29, 0.717) is 17.9 Å². The zero-order chi connectivity index (χ0) is 26.5. The first kappa shape index (κ1) is 25.8. The Morgan fingerprint density at radius 3 is 2.58 bits per heavy atom. The topological polar surface area (TPSA) is 86.3 Å². The van der Waals surface area contributed by atoms with E-state index in [9.17, 15) is 4.79 Å². The number of pyridine rings is 1. The highest BCUT2D eigenvalue weighted by molar-refractivity contribution is 5.95. The van der Waals surface area contributed by atoms with Crippen LogP contribution in [0.3, 0.4) is 0 Å². The second kappa shape index (κ2) is 11.2. The Balaban J connectivity index is 1.24. The summed E-state index contributed by atoms with van der Waals surface area (Å²) in [5.41, 5.74) is 5.03. The van der Waals surface area contributed by atoms with Gasteiger partial charge >= 0.3 is 0 Å². The smallest absolute Gasteiger partial charge is 0.251 e. The number of rotatable bonds is 7. The summed E-state index contributed by atoms with van der Waals surface area (Å²) in [5, 5.41) is 6.58. The molecule has 1 saturated heterocycles. The quantitative estimate of drug-likeness (QED) is 0.496. The number of benzene rings is 1. The molecule has 2 N–H and O–H groups in total. The molecular formula is C30H35N7O. The molecule has 2 aliphatic rings. The van der Waals surface area contributed by atoms with Gasteiger partial charge < -0.3 is 15.5 Å². The van der Waals surface area contributed by atoms with Gasteiger partial charge in [0, 0.05) is 68.1 Å². The molecule has 0 bridgehead atoms. The molecule has 8 nitrogen and oxygen atoms in total. The van der Waals surface area contributed by atoms with Crippen LogP contribution in [0.5, 0.6) is 0 Å². The van der Waals surface area contributed by atoms with Crippen molar-refractivity contribution in [1.29, 1.82) is 0 Å². The van der Waals surface area contributed by atoms with E-state index >= 15 is 0 Å². The highest BCUT2D eigenvalue weighted by Crippen LogP contribution is 2.27. The summed E-state index contributed by atoms with van der Waals surface area (Å²) in [6.45, 7) is 9.34. The van der Waals surface area contributed by atoms with E-state index in [1.54, 1.807) is 18.6 Å². The number of anilines is 1. The maximum atomic E-state index is 13.2. The third kappa shape index (κ3) is 6.33. The second-order valence-corrected chi connectivity index (χ2v) is 10.4. The van der Waals surface area contributed by atoms with Gasteiger partial charge in [0.15, 0.2) is 0 Å². The summed E-state index contributed by atoms with van der Waals surface area (Å²) >= 11 is 0. The van der Waals surface area contributed by atoms with Crippen molar-refractivity contribution in [3.8, 4) is 11.3 Å². The fourth-order valence-electron chi connectivity index (χ4n) is 4.76. The van der Waals surface area contributed by atoms with Crippen molar-refractivity contribution in [3.63, 3.8) is 0 Å². The van der Waals surface area contributed by atoms with Gasteiger partial charge in [0.2, 0.25) is 5.95 Å². The van der Waals surface area contributed by atoms with Crippen LogP contribution < -0.4 is 10.6 Å². The Morgan fingerprint density at radius 1 is 1.05 bits per heavy atom. The van der Waals surface area contributed by atoms with E-state index in [2.05, 4.69) is 66.7 Å². The van der Waals surface area contributed by atoms with Gasteiger partial charge in [-0.1, -0.05) is 18.2 Å². The van der Waals surface area contributed by atoms with Gasteiger partial charge in [-0.05, 0) is 74.9 Å². The Morgan fingerprint density at radius 2 is 1.84 bits per heavy atom. The molecule has 1 fully saturated rings. The maximum absolute atomic E-state index is 13.2. The molecule has 5 rings (SSSR count). The Hall–Kier alpha value is -3.88. The van der Waals surface area contributed by atoms with Crippen LogP contribution in [0, 0.1) is 0 Å². The van der Waals surface area contributed by atoms with Crippen LogP contribution in [0.4, 0.5) is 5.95 Å². The molecule has 0 radical (unpaired) electrons. The first-order chi connectivity index (χ1) is 18.4. The summed E-state index contributed by atoms with van der Waals surface area (Å²) in [4.78, 5) is 31.2. The number of carbonyl (C=O) groups is 1. The molecule has 0 saturated carbocycles. The molecule has 1 aliphatic carbocycles. The molecule has 3 heterocycles. The molecule has 1 atom stereocenters. The Kier molecular flexibility index (Phi) is 7.62. The number of amides is 1. The van der Waals surface area contributed by atoms with Crippen LogP contribution in [0.1, 0.15) is 36.2 Å². The van der Waals surface area contributed by atoms with Crippen molar-refractivity contribution >= 4 is 11.9 Å². The van der Waals surface area contributed by atoms with Crippen LogP contribution >= 0.6 is 0 Å². The standard InChI is InChI=1S/C30H35N7O/c1-22-10-12-30(2,19-27(22)34-29-32-14-11-26(33-29)25-5-4-13-31-20-25)35-28(38)24-8-6-23(7-9-24)21-37-17-15-36(3)16-18-37/h4-11,13-14,19-20H,12,15-18,21H2,1-3H3,(H,35,38)(H,32,33,34). The lowest BCUT2D eigenvalue weighted by molar-refractivity contribution is 0.0922. The van der Waals surface area contributed by atoms with Crippen molar-refractivity contribution in [2.45, 2.75) is 32.4 Å². The molecule has 1 unspecified atom stereocenters. The number of nitrogens with one attached hydrogen (secondary N) is 2. The third-order valence-electron chi connectivity index (χ3n) is 7.20. The molecule has 1 amide bonds. The van der Waals surface area contributed by atoms with Gasteiger partial charge in [-0.3, -0.25) is 14.7 Å². The minimum Gasteiger partial charge on any atom is -0.343 e. The zero-order valence-electron chi connectivity index (χ0n) is 22.3. The highest BCUT2D eigenvalue weighted by atomic mass is 16.1. The molecule has 3 aromatic rings. The molecule has 8 heteroatoms. The van der Waals surface area contributed by atoms with Crippen molar-refractivity contribution in [1.82, 2.24) is 30.1 Å². The average Bonchev–Trinajstić information content (AvgIpc) is 2.93. The van der Waals surface area contributed by atoms with E-state index in [4.69, 9.17) is 0 Å². The van der Waals surface area contributed by atoms with Gasteiger partial charge in [-0.2, -0.15) is 0 Å². The van der Waals surface area contributed by atoms with Crippen LogP contribution in [0.25, 0.3) is 11.3 Å². The Labute approximate surface area is 224 Å². The van der Waals surface area contributed by atoms with Crippen molar-refractivity contribution in [2.75, 3.05) is 38.5 Å². The number of nitrogens with zero attached hydrogens (tertiary/aromatic N) is 5. The lowest BCUT2D eigenvalue weighted by atomic mass is 9.88. The van der Waals surface area contributed by atoms with E-state index in [1.807, 2.05) is 44.2 Å². The van der Waals surface area contributed by atoms with Gasteiger partial charge in [-0.15, -0.1) is 0 Å². The molecule has 1 aliphatic heterocycles. The summed E-state index contributed by atoms with van der Waals surface area (Å²) in [5.74, 6) is 0.411. The molecule has 38 heavy (non-hydrogen) atoms. The van der Waals surface area contributed by atoms with E-state index in [1.165, 1.54) is 5.56 Å². The SMILES string of the molecule is CC1=CCC(C)(NC(=O)c2ccc(CN3CCN(C)CC3)cc2)C=C1Nc1nccc(-c2cccnc2)n1. The summed E-state index contributed by atoms with van der Waals surface area (Å²) in [7, 11) is 2.16. The average molecular weight is 510 g/mol. The van der Waals surface area contributed by atoms with E-state index in [-0.39, 0.29) is 5.91 Å². The fourth-order valence-corrected chi connectivity index (χ4v) is 4.76. The molecule has 1 aromatic carbocycles. The van der Waals surface area contributed by atoms with Crippen molar-refractivity contribution < 1.29 is 4.79 Å². The number of allylic oxidation sites excluding steroid dienone is 1. The van der Waals surface area contributed by atoms with Gasteiger partial charge in [0.1, 0.15) is 0 Å². The molecule has 0 spiro atoms. The second-order valence-electron chi connectivity index (χ2n) is 10.4. The lowest BCUT2D eigenvalue weighted by Crippen LogP contribution is -2.45. The van der Waals surface area contributed by atoms with E-state index < -0.39 is 5.54 Å². The minimum atomic E-state index is -0.543. The van der Waals surface area contributed by atoms with Crippen LogP contribution in [0.2, 0.25) is 0 Å². The predicted octanol–water partition coefficient (Wildman–Crippen LogP) is 4.12. The van der Waals surface area contributed by atoms with Gasteiger partial charge in [0.05, 0.1) is 11.2 Å². The maximum Gasteiger partial charge on any atom is 0.251 e. The normalized spacial score (nSPS) is 20.4. The Bertz CT molecular complexity index is 1330. The van der Waals surface area contributed by atoms with E-state index in [0.717, 1.165) is 55.3 Å². The summed E-state index contributed by atoms with van der Waals surface area (Å²) in [6.07, 6.45) is 10.1. The number of carbonyl (C=O) groups excluding carboxylic acids is 1. The number of piperazine rings is 1. The molecular weight excluding hydrogens is 474 g/mol. The largest absolute Gasteiger partial charge is 0.343 e. The summed E-state index contributed by atoms with van der Waals surface area (Å²) < 4.78 is 0. The zero-order valence-corrected chi connectivity index (χ0v) is 22.3. The fraction of sp³-hybridized carbons (Fsp3) is 0.333. The van der Waals surface area contributed by atoms with Crippen LogP contribution in [0.15, 0.2) is 84.5 Å². The highest BCUT2D eigenvalue weighted by Gasteiger charge is 2.28. The number of aromatic nitrogens is 3. The van der Waals surface area contributed by atoms with Crippen LogP contribution in [-0.4, -0.2) is 69.4 Å². The number of hydrogen-bond donors (Lipinski definition) is 2. The third-order valence-corrected chi connectivity index (χ3v) is 7.20. The summed E-state index contributed by atoms with van der Waals surface area (Å²) in [6, 6.07) is 13.7. The van der Waals surface area contributed by atoms with Gasteiger partial charge in [-0.25, -0.2) is 9.97 Å². The van der Waals surface area contributed by atoms with Crippen molar-refractivity contribution in [3.05, 3.63) is 95.6 Å². The minimum absolute atomic E-state index is 0.0861. The molecule has 2 aromatic heterocycles. The number of likely N-dealkylation sites (N-methyl/N-ethyl adjacent to an activating group) is 1. The van der Waals surface area contributed by atoms with Gasteiger partial charge in [0.25, 0.3) is 5.91 Å².